The molecule has 4 nitrogen and oxygen atoms in total. The lowest BCUT2D eigenvalue weighted by Gasteiger charge is -2.03. The highest BCUT2D eigenvalue weighted by Gasteiger charge is 1.96. The maximum Gasteiger partial charge on any atom is 0.0563 e. The number of nitrogens with one attached hydrogen (secondary N) is 1. The van der Waals surface area contributed by atoms with Gasteiger partial charge >= 0.3 is 0 Å². The lowest BCUT2D eigenvalue weighted by atomic mass is 10.1. The number of hydrazine groups is 1. The number of hydrogen-bond acceptors (Lipinski definition) is 4. The second kappa shape index (κ2) is 8.05. The smallest absolute Gasteiger partial charge is 0.0563 e. The molecule has 0 radical (unpaired) electrons. The molecule has 26 heavy (non-hydrogen) atoms. The van der Waals surface area contributed by atoms with E-state index in [1.54, 1.807) is 0 Å². The minimum absolute atomic E-state index is 0.782. The monoisotopic (exact) mass is 342 g/mol. The van der Waals surface area contributed by atoms with E-state index in [0.717, 1.165) is 33.6 Å². The Morgan fingerprint density at radius 1 is 0.538 bits per heavy atom. The predicted octanol–water partition coefficient (Wildman–Crippen LogP) is 4.64. The van der Waals surface area contributed by atoms with Gasteiger partial charge in [0.2, 0.25) is 0 Å². The van der Waals surface area contributed by atoms with Crippen LogP contribution >= 0.6 is 0 Å². The third kappa shape index (κ3) is 4.12. The van der Waals surface area contributed by atoms with Gasteiger partial charge in [0.25, 0.3) is 0 Å². The van der Waals surface area contributed by atoms with Crippen molar-refractivity contribution >= 4 is 27.8 Å². The molecule has 0 heterocycles. The molecule has 4 rings (SSSR count). The topological polar surface area (TPSA) is 90.1 Å². The number of benzene rings is 4. The molecule has 130 valence electrons. The average molecular weight is 342 g/mol. The lowest BCUT2D eigenvalue weighted by molar-refractivity contribution is 1.37. The summed E-state index contributed by atoms with van der Waals surface area (Å²) in [4.78, 5) is 0. The number of nitrogen functional groups attached to an aromatic ring is 3. The van der Waals surface area contributed by atoms with E-state index < -0.39 is 0 Å². The van der Waals surface area contributed by atoms with Crippen LogP contribution in [0.15, 0.2) is 91.0 Å². The van der Waals surface area contributed by atoms with Gasteiger partial charge < -0.3 is 16.9 Å². The van der Waals surface area contributed by atoms with Crippen LogP contribution in [0.5, 0.6) is 0 Å². The maximum absolute atomic E-state index is 5.61. The van der Waals surface area contributed by atoms with Crippen LogP contribution in [0.25, 0.3) is 21.9 Å². The van der Waals surface area contributed by atoms with Gasteiger partial charge in [-0.05, 0) is 46.8 Å². The van der Waals surface area contributed by atoms with Crippen molar-refractivity contribution in [2.24, 2.45) is 5.84 Å². The van der Waals surface area contributed by atoms with Gasteiger partial charge in [0.1, 0.15) is 0 Å². The highest BCUT2D eigenvalue weighted by atomic mass is 15.2. The van der Waals surface area contributed by atoms with Crippen molar-refractivity contribution in [3.63, 3.8) is 0 Å². The highest BCUT2D eigenvalue weighted by Crippen LogP contribution is 2.22. The molecule has 0 saturated carbocycles. The Bertz CT molecular complexity index is 928. The molecule has 0 spiro atoms. The second-order valence-corrected chi connectivity index (χ2v) is 5.92. The Balaban J connectivity index is 0.000000152. The molecule has 0 atom stereocenters. The number of nitrogens with two attached hydrogens (primary N) is 3. The molecular weight excluding hydrogens is 320 g/mol. The second-order valence-electron chi connectivity index (χ2n) is 5.92. The molecule has 0 aromatic heterocycles. The van der Waals surface area contributed by atoms with Crippen molar-refractivity contribution in [2.45, 2.75) is 0 Å². The van der Waals surface area contributed by atoms with Gasteiger partial charge in [0, 0.05) is 16.8 Å². The van der Waals surface area contributed by atoms with Crippen molar-refractivity contribution in [3.8, 4) is 11.1 Å². The SMILES string of the molecule is NNc1cccc2ccccc12.Nc1ccc(-c2ccc(N)cc2)cc1. The molecule has 4 aromatic rings. The Labute approximate surface area is 153 Å². The molecule has 4 aromatic carbocycles. The van der Waals surface area contributed by atoms with Gasteiger partial charge in [-0.15, -0.1) is 0 Å². The van der Waals surface area contributed by atoms with Crippen LogP contribution in [0.2, 0.25) is 0 Å². The van der Waals surface area contributed by atoms with Gasteiger partial charge in [0.05, 0.1) is 5.69 Å². The van der Waals surface area contributed by atoms with E-state index in [4.69, 9.17) is 17.3 Å². The molecule has 0 aliphatic rings. The first-order valence-corrected chi connectivity index (χ1v) is 8.33. The van der Waals surface area contributed by atoms with E-state index in [2.05, 4.69) is 17.6 Å². The Hall–Kier alpha value is -3.50. The first-order valence-electron chi connectivity index (χ1n) is 8.33. The molecule has 4 heteroatoms. The van der Waals surface area contributed by atoms with Crippen LogP contribution in [0.4, 0.5) is 17.1 Å². The summed E-state index contributed by atoms with van der Waals surface area (Å²) in [5, 5.41) is 2.36. The summed E-state index contributed by atoms with van der Waals surface area (Å²) >= 11 is 0. The number of anilines is 3. The van der Waals surface area contributed by atoms with Crippen LogP contribution in [0.1, 0.15) is 0 Å². The van der Waals surface area contributed by atoms with E-state index in [9.17, 15) is 0 Å². The van der Waals surface area contributed by atoms with Crippen LogP contribution in [-0.4, -0.2) is 0 Å². The van der Waals surface area contributed by atoms with E-state index in [0.29, 0.717) is 0 Å². The Morgan fingerprint density at radius 3 is 1.58 bits per heavy atom. The number of rotatable bonds is 2. The van der Waals surface area contributed by atoms with Crippen molar-refractivity contribution in [3.05, 3.63) is 91.0 Å². The third-order valence-electron chi connectivity index (χ3n) is 4.10. The molecule has 0 unspecified atom stereocenters. The summed E-state index contributed by atoms with van der Waals surface area (Å²) in [5.74, 6) is 5.37. The summed E-state index contributed by atoms with van der Waals surface area (Å²) < 4.78 is 0. The van der Waals surface area contributed by atoms with Crippen LogP contribution < -0.4 is 22.7 Å². The normalized spacial score (nSPS) is 10.0. The zero-order valence-electron chi connectivity index (χ0n) is 14.4. The molecule has 7 N–H and O–H groups in total. The Morgan fingerprint density at radius 2 is 1.04 bits per heavy atom. The third-order valence-corrected chi connectivity index (χ3v) is 4.10. The summed E-state index contributed by atoms with van der Waals surface area (Å²) in [6.07, 6.45) is 0. The first-order chi connectivity index (χ1) is 12.7. The van der Waals surface area contributed by atoms with Gasteiger partial charge in [-0.25, -0.2) is 0 Å². The molecule has 0 saturated heterocycles. The quantitative estimate of drug-likeness (QED) is 0.243. The predicted molar refractivity (Wildman–Crippen MR) is 112 cm³/mol. The summed E-state index contributed by atoms with van der Waals surface area (Å²) in [6, 6.07) is 29.7. The fourth-order valence-corrected chi connectivity index (χ4v) is 2.70. The molecule has 0 aliphatic heterocycles. The van der Waals surface area contributed by atoms with E-state index in [1.807, 2.05) is 78.9 Å². The van der Waals surface area contributed by atoms with Crippen molar-refractivity contribution in [1.82, 2.24) is 0 Å². The zero-order chi connectivity index (χ0) is 18.4. The number of hydrogen-bond donors (Lipinski definition) is 4. The minimum atomic E-state index is 0.782. The summed E-state index contributed by atoms with van der Waals surface area (Å²) in [6.45, 7) is 0. The van der Waals surface area contributed by atoms with Crippen LogP contribution in [-0.2, 0) is 0 Å². The van der Waals surface area contributed by atoms with E-state index in [-0.39, 0.29) is 0 Å². The lowest BCUT2D eigenvalue weighted by Crippen LogP contribution is -2.06. The van der Waals surface area contributed by atoms with Crippen LogP contribution in [0.3, 0.4) is 0 Å². The standard InChI is InChI=1S/C12H12N2.C10H10N2/c13-11-5-1-9(2-6-11)10-3-7-12(14)8-4-10;11-12-10-7-3-5-8-4-1-2-6-9(8)10/h1-8H,13-14H2;1-7,12H,11H2. The maximum atomic E-state index is 5.61. The van der Waals surface area contributed by atoms with Crippen molar-refractivity contribution in [1.29, 1.82) is 0 Å². The van der Waals surface area contributed by atoms with E-state index >= 15 is 0 Å². The van der Waals surface area contributed by atoms with Gasteiger partial charge in [0.15, 0.2) is 0 Å². The Kier molecular flexibility index (Phi) is 5.37. The van der Waals surface area contributed by atoms with Crippen molar-refractivity contribution in [2.75, 3.05) is 16.9 Å². The largest absolute Gasteiger partial charge is 0.399 e. The van der Waals surface area contributed by atoms with Gasteiger partial charge in [-0.2, -0.15) is 0 Å². The van der Waals surface area contributed by atoms with Gasteiger partial charge in [-0.1, -0.05) is 60.7 Å². The number of fused-ring (bicyclic) bond motifs is 1. The first kappa shape index (κ1) is 17.3. The summed E-state index contributed by atoms with van der Waals surface area (Å²) in [5.41, 5.74) is 18.7. The minimum Gasteiger partial charge on any atom is -0.399 e. The average Bonchev–Trinajstić information content (AvgIpc) is 2.69. The summed E-state index contributed by atoms with van der Waals surface area (Å²) in [7, 11) is 0. The zero-order valence-corrected chi connectivity index (χ0v) is 14.4. The fraction of sp³-hybridized carbons (Fsp3) is 0. The molecular formula is C22H22N4. The molecule has 0 amide bonds. The van der Waals surface area contributed by atoms with E-state index in [1.165, 1.54) is 5.39 Å². The van der Waals surface area contributed by atoms with Gasteiger partial charge in [-0.3, -0.25) is 5.84 Å². The highest BCUT2D eigenvalue weighted by molar-refractivity contribution is 5.93. The van der Waals surface area contributed by atoms with Crippen LogP contribution in [0, 0.1) is 0 Å². The van der Waals surface area contributed by atoms with Crippen molar-refractivity contribution < 1.29 is 0 Å². The molecule has 0 bridgehead atoms. The fourth-order valence-electron chi connectivity index (χ4n) is 2.70. The molecule has 0 fully saturated rings. The molecule has 0 aliphatic carbocycles.